The Morgan fingerprint density at radius 2 is 0.596 bits per heavy atom. The van der Waals surface area contributed by atoms with Gasteiger partial charge in [0.15, 0.2) is 0 Å². The molecule has 0 heterocycles. The third-order valence-corrected chi connectivity index (χ3v) is 17.3. The summed E-state index contributed by atoms with van der Waals surface area (Å²) in [5.41, 5.74) is 17.3. The first-order valence-corrected chi connectivity index (χ1v) is 43.2. The zero-order valence-corrected chi connectivity index (χ0v) is 74.7. The van der Waals surface area contributed by atoms with E-state index in [4.69, 9.17) is 21.9 Å². The van der Waals surface area contributed by atoms with Crippen molar-refractivity contribution in [3.63, 3.8) is 0 Å². The molecule has 4 aliphatic carbocycles. The molecule has 23 N–H and O–H groups in total. The van der Waals surface area contributed by atoms with Crippen molar-refractivity contribution in [3.8, 4) is 0 Å². The third-order valence-electron chi connectivity index (χ3n) is 17.3. The van der Waals surface area contributed by atoms with E-state index >= 15 is 0 Å². The molecule has 0 spiro atoms. The van der Waals surface area contributed by atoms with Gasteiger partial charge in [-0.1, -0.05) is 148 Å². The van der Waals surface area contributed by atoms with E-state index in [2.05, 4.69) is 192 Å². The molecule has 0 aliphatic heterocycles. The van der Waals surface area contributed by atoms with Gasteiger partial charge >= 0.3 is 0 Å². The molecule has 104 heavy (non-hydrogen) atoms. The molecule has 0 amide bonds. The van der Waals surface area contributed by atoms with Crippen LogP contribution in [0, 0.1) is 23.2 Å². The van der Waals surface area contributed by atoms with Crippen molar-refractivity contribution < 1.29 is 4.74 Å². The van der Waals surface area contributed by atoms with Crippen LogP contribution < -0.4 is 108 Å². The van der Waals surface area contributed by atoms with Gasteiger partial charge in [0.2, 0.25) is 0 Å². The molecule has 0 radical (unpaired) electrons. The molecule has 0 aromatic heterocycles. The first-order valence-electron chi connectivity index (χ1n) is 43.2. The Hall–Kier alpha value is -0.880. The van der Waals surface area contributed by atoms with Crippen LogP contribution in [0.1, 0.15) is 238 Å². The Bertz CT molecular complexity index is 1250. The van der Waals surface area contributed by atoms with E-state index in [-0.39, 0.29) is 0 Å². The minimum Gasteiger partial charge on any atom is -0.379 e. The normalized spacial score (nSPS) is 15.7. The number of unbranched alkanes of at least 4 members (excludes halogenated alkanes) is 10. The van der Waals surface area contributed by atoms with Gasteiger partial charge in [0.25, 0.3) is 0 Å². The molecular formula is C82H201N21O. The molecule has 0 saturated heterocycles. The van der Waals surface area contributed by atoms with E-state index in [0.717, 1.165) is 188 Å². The zero-order chi connectivity index (χ0) is 79.9. The van der Waals surface area contributed by atoms with Gasteiger partial charge < -0.3 is 117 Å². The Labute approximate surface area is 653 Å². The standard InChI is InChI=1S/C11H19N.C10H23N.C9H23N3.C9H22N2.C8H20N2.2C7H18N2.C6H16N2O.C6H16N2.C5H14N2.C4H12N2/c12-7-11-4-8-1-9(5-11)3-10(2-8)6-11;1-2-3-4-5-6-7-8-9-10-11;1-10-6-4-8-12(3)9-5-7-11-2;1-8(2)10-6-5-7-11-9(3)4;1-7(2)9-5-6-10-8(3)4;1-9-7-5-3-2-4-6-8;1-3-8-6-5-7-9-4-2;1-7-3-5-9-6-4-8-2;1-3-7-5-6-8-4-2;1-6-4-3-5-7-2;1-5-3-4-6-2/h8-10H,1-7,12H2;2-11H2,1H3;10-11H,4-9H2,1-3H3;8-11H,5-7H2,1-4H3;7-10H,5-6H2,1-4H3;9H,2-8H2,1H3;8-9H,3-7H2,1-2H3;7-8H,3-6H2,1-2H3;7-8H,3-6H2,1-2H3;6-7H,3-5H2,1-2H3;5-6H,3-4H2,1-2H3. The second kappa shape index (κ2) is 108. The third kappa shape index (κ3) is 119. The second-order valence-electron chi connectivity index (χ2n) is 29.6. The van der Waals surface area contributed by atoms with Crippen LogP contribution in [-0.2, 0) is 4.74 Å². The predicted octanol–water partition coefficient (Wildman–Crippen LogP) is 7.95. The Kier molecular flexibility index (Phi) is 124. The van der Waals surface area contributed by atoms with Crippen molar-refractivity contribution in [1.82, 2.24) is 95.3 Å². The summed E-state index contributed by atoms with van der Waals surface area (Å²) >= 11 is 0. The van der Waals surface area contributed by atoms with Crippen LogP contribution in [0.3, 0.4) is 0 Å². The lowest BCUT2D eigenvalue weighted by Crippen LogP contribution is -2.49. The smallest absolute Gasteiger partial charge is 0.0591 e. The Morgan fingerprint density at radius 3 is 0.904 bits per heavy atom. The number of rotatable bonds is 58. The summed E-state index contributed by atoms with van der Waals surface area (Å²) in [5.74, 6) is 3.21. The fourth-order valence-corrected chi connectivity index (χ4v) is 11.7. The average molecular weight is 1500 g/mol. The SMILES string of the molecule is CC(C)NCCCNC(C)C.CC(C)NCCNC(C)C.CCCCCCCCCCN.CCNCCCNCC.CCNCCNCC.CNCCCCCCN.CNCCCN(C)CCCNC.CNCCCNC.CNCCNC.CNCCOCCNC.NCC12CC3CC(CC(C3)C1)C2. The van der Waals surface area contributed by atoms with Crippen LogP contribution >= 0.6 is 0 Å². The van der Waals surface area contributed by atoms with Crippen LogP contribution in [0.2, 0.25) is 0 Å². The van der Waals surface area contributed by atoms with Gasteiger partial charge in [0.05, 0.1) is 13.2 Å². The average Bonchev–Trinajstić information content (AvgIpc) is 0.758. The molecule has 0 unspecified atom stereocenters. The molecule has 4 fully saturated rings. The van der Waals surface area contributed by atoms with Gasteiger partial charge in [0, 0.05) is 76.5 Å². The summed E-state index contributed by atoms with van der Waals surface area (Å²) in [4.78, 5) is 2.38. The van der Waals surface area contributed by atoms with Gasteiger partial charge in [-0.15, -0.1) is 0 Å². The number of ether oxygens (including phenoxy) is 1. The molecule has 0 atom stereocenters. The fourth-order valence-electron chi connectivity index (χ4n) is 11.7. The molecule has 0 aromatic rings. The van der Waals surface area contributed by atoms with Crippen LogP contribution in [0.15, 0.2) is 0 Å². The van der Waals surface area contributed by atoms with Crippen LogP contribution in [0.25, 0.3) is 0 Å². The van der Waals surface area contributed by atoms with E-state index in [1.54, 1.807) is 0 Å². The molecule has 4 saturated carbocycles. The van der Waals surface area contributed by atoms with Gasteiger partial charge in [0.1, 0.15) is 0 Å². The van der Waals surface area contributed by atoms with Crippen LogP contribution in [0.5, 0.6) is 0 Å². The molecular weight excluding hydrogens is 1300 g/mol. The van der Waals surface area contributed by atoms with E-state index in [1.807, 2.05) is 63.4 Å². The van der Waals surface area contributed by atoms with Crippen LogP contribution in [0.4, 0.5) is 0 Å². The largest absolute Gasteiger partial charge is 0.379 e. The lowest BCUT2D eigenvalue weighted by Gasteiger charge is -2.56. The predicted molar refractivity (Wildman–Crippen MR) is 472 cm³/mol. The highest BCUT2D eigenvalue weighted by molar-refractivity contribution is 5.01. The van der Waals surface area contributed by atoms with Crippen molar-refractivity contribution in [2.24, 2.45) is 40.4 Å². The maximum Gasteiger partial charge on any atom is 0.0591 e. The monoisotopic (exact) mass is 1500 g/mol. The summed E-state index contributed by atoms with van der Waals surface area (Å²) in [7, 11) is 19.8. The highest BCUT2D eigenvalue weighted by Crippen LogP contribution is 2.59. The van der Waals surface area contributed by atoms with Crippen molar-refractivity contribution >= 4 is 0 Å². The van der Waals surface area contributed by atoms with E-state index in [0.29, 0.717) is 29.6 Å². The second-order valence-corrected chi connectivity index (χ2v) is 29.6. The number of nitrogens with zero attached hydrogens (tertiary/aromatic N) is 1. The molecule has 4 bridgehead atoms. The van der Waals surface area contributed by atoms with E-state index < -0.39 is 0 Å². The molecule has 4 rings (SSSR count). The number of hydrogen-bond donors (Lipinski definition) is 20. The molecule has 4 aliphatic rings. The first-order chi connectivity index (χ1) is 50.3. The Balaban J connectivity index is -0.000000163. The lowest BCUT2D eigenvalue weighted by molar-refractivity contribution is -0.0468. The summed E-state index contributed by atoms with van der Waals surface area (Å²) in [6, 6.07) is 2.45. The number of nitrogens with one attached hydrogen (secondary N) is 17. The summed E-state index contributed by atoms with van der Waals surface area (Å²) in [6.07, 6.45) is 31.2. The highest BCUT2D eigenvalue weighted by atomic mass is 16.5. The van der Waals surface area contributed by atoms with Crippen molar-refractivity contribution in [1.29, 1.82) is 0 Å². The molecule has 22 heteroatoms. The molecule has 0 aromatic carbocycles. The topological polar surface area (TPSA) is 295 Å². The minimum absolute atomic E-state index is 0.606. The van der Waals surface area contributed by atoms with Crippen molar-refractivity contribution in [2.75, 3.05) is 254 Å². The molecule has 640 valence electrons. The first kappa shape index (κ1) is 119. The summed E-state index contributed by atoms with van der Waals surface area (Å²) in [6.45, 7) is 57.5. The Morgan fingerprint density at radius 1 is 0.317 bits per heavy atom. The number of nitrogens with two attached hydrogens (primary N) is 3. The van der Waals surface area contributed by atoms with Crippen molar-refractivity contribution in [2.45, 2.75) is 262 Å². The zero-order valence-electron chi connectivity index (χ0n) is 74.7. The summed E-state index contributed by atoms with van der Waals surface area (Å²) in [5, 5.41) is 54.0. The van der Waals surface area contributed by atoms with Crippen LogP contribution in [-0.4, -0.2) is 283 Å². The van der Waals surface area contributed by atoms with Crippen molar-refractivity contribution in [3.05, 3.63) is 0 Å². The number of likely N-dealkylation sites (N-methyl/N-ethyl adjacent to an activating group) is 6. The fraction of sp³-hybridized carbons (Fsp3) is 1.00. The van der Waals surface area contributed by atoms with Gasteiger partial charge in [-0.2, -0.15) is 0 Å². The molecule has 22 nitrogen and oxygen atoms in total. The maximum atomic E-state index is 5.93. The maximum absolute atomic E-state index is 5.93. The minimum atomic E-state index is 0.606. The van der Waals surface area contributed by atoms with Gasteiger partial charge in [-0.05, 0) is 301 Å². The highest BCUT2D eigenvalue weighted by Gasteiger charge is 2.50. The quantitative estimate of drug-likeness (QED) is 0.0257. The lowest BCUT2D eigenvalue weighted by atomic mass is 9.50. The summed E-state index contributed by atoms with van der Waals surface area (Å²) < 4.78 is 5.19. The number of hydrogen-bond acceptors (Lipinski definition) is 22. The van der Waals surface area contributed by atoms with E-state index in [1.165, 1.54) is 161 Å². The van der Waals surface area contributed by atoms with E-state index in [9.17, 15) is 0 Å². The van der Waals surface area contributed by atoms with Gasteiger partial charge in [-0.25, -0.2) is 0 Å². The van der Waals surface area contributed by atoms with Gasteiger partial charge in [-0.3, -0.25) is 0 Å².